The van der Waals surface area contributed by atoms with Gasteiger partial charge in [-0.15, -0.1) is 0 Å². The molecule has 1 unspecified atom stereocenters. The Labute approximate surface area is 197 Å². The van der Waals surface area contributed by atoms with E-state index in [0.717, 1.165) is 43.1 Å². The number of ether oxygens (including phenoxy) is 1. The Kier molecular flexibility index (Phi) is 6.72. The quantitative estimate of drug-likeness (QED) is 0.651. The number of hydrogen-bond acceptors (Lipinski definition) is 5. The van der Waals surface area contributed by atoms with E-state index in [0.29, 0.717) is 18.4 Å². The molecule has 6 heteroatoms. The molecule has 3 fully saturated rings. The number of nitrogens with two attached hydrogens (primary N) is 1. The minimum atomic E-state index is -0.284. The van der Waals surface area contributed by atoms with Gasteiger partial charge in [-0.2, -0.15) is 0 Å². The fourth-order valence-electron chi connectivity index (χ4n) is 6.02. The first kappa shape index (κ1) is 22.1. The normalized spacial score (nSPS) is 25.7. The molecule has 2 aromatic rings. The Balaban J connectivity index is 1.01. The molecule has 176 valence electrons. The zero-order valence-corrected chi connectivity index (χ0v) is 19.4. The van der Waals surface area contributed by atoms with Crippen LogP contribution >= 0.6 is 0 Å². The lowest BCUT2D eigenvalue weighted by molar-refractivity contribution is 0.135. The van der Waals surface area contributed by atoms with Crippen LogP contribution in [0.25, 0.3) is 0 Å². The Hall–Kier alpha value is -2.73. The summed E-state index contributed by atoms with van der Waals surface area (Å²) in [5.74, 6) is 2.20. The van der Waals surface area contributed by atoms with Crippen LogP contribution in [0.2, 0.25) is 0 Å². The minimum absolute atomic E-state index is 0.258. The van der Waals surface area contributed by atoms with E-state index in [-0.39, 0.29) is 12.1 Å². The third-order valence-electron chi connectivity index (χ3n) is 7.75. The van der Waals surface area contributed by atoms with E-state index in [1.807, 2.05) is 42.5 Å². The van der Waals surface area contributed by atoms with E-state index in [1.54, 1.807) is 0 Å². The van der Waals surface area contributed by atoms with Crippen LogP contribution in [0, 0.1) is 17.8 Å². The second kappa shape index (κ2) is 10.0. The summed E-state index contributed by atoms with van der Waals surface area (Å²) in [7, 11) is 0. The standard InChI is InChI=1S/C27H36N4O2/c28-24-6-8-26(9-7-24)31-12-10-20(11-13-31)16-30-17-22-14-25(15-23(22)18-30)29-27(32)33-19-21-4-2-1-3-5-21/h1-9,20,22-23,25H,10-19,28H2,(H,29,32)/t22-,23+,25?. The molecule has 1 aliphatic carbocycles. The largest absolute Gasteiger partial charge is 0.445 e. The zero-order chi connectivity index (χ0) is 22.6. The van der Waals surface area contributed by atoms with Crippen molar-refractivity contribution in [1.29, 1.82) is 0 Å². The molecule has 0 spiro atoms. The average Bonchev–Trinajstić information content (AvgIpc) is 3.37. The number of likely N-dealkylation sites (tertiary alicyclic amines) is 1. The summed E-state index contributed by atoms with van der Waals surface area (Å²) in [5.41, 5.74) is 8.96. The summed E-state index contributed by atoms with van der Waals surface area (Å²) in [6.45, 7) is 6.18. The topological polar surface area (TPSA) is 70.8 Å². The first-order valence-electron chi connectivity index (χ1n) is 12.4. The van der Waals surface area contributed by atoms with Crippen LogP contribution in [0.4, 0.5) is 16.2 Å². The number of nitrogen functional groups attached to an aromatic ring is 1. The molecule has 2 aromatic carbocycles. The molecule has 2 aliphatic heterocycles. The molecule has 0 radical (unpaired) electrons. The van der Waals surface area contributed by atoms with Crippen LogP contribution in [-0.4, -0.2) is 49.8 Å². The summed E-state index contributed by atoms with van der Waals surface area (Å²) < 4.78 is 5.41. The highest BCUT2D eigenvalue weighted by molar-refractivity contribution is 5.67. The maximum Gasteiger partial charge on any atom is 0.407 e. The molecular weight excluding hydrogens is 412 g/mol. The molecule has 0 aromatic heterocycles. The number of piperidine rings is 1. The third-order valence-corrected chi connectivity index (χ3v) is 7.75. The molecule has 3 aliphatic rings. The van der Waals surface area contributed by atoms with E-state index in [2.05, 4.69) is 27.2 Å². The van der Waals surface area contributed by atoms with Crippen LogP contribution in [0.5, 0.6) is 0 Å². The Morgan fingerprint density at radius 2 is 1.64 bits per heavy atom. The summed E-state index contributed by atoms with van der Waals surface area (Å²) in [6, 6.07) is 18.4. The first-order valence-corrected chi connectivity index (χ1v) is 12.4. The average molecular weight is 449 g/mol. The van der Waals surface area contributed by atoms with Crippen molar-refractivity contribution in [2.75, 3.05) is 43.4 Å². The van der Waals surface area contributed by atoms with Crippen molar-refractivity contribution >= 4 is 17.5 Å². The molecule has 3 N–H and O–H groups in total. The van der Waals surface area contributed by atoms with Gasteiger partial charge >= 0.3 is 6.09 Å². The highest BCUT2D eigenvalue weighted by atomic mass is 16.5. The molecule has 0 bridgehead atoms. The van der Waals surface area contributed by atoms with Crippen molar-refractivity contribution in [1.82, 2.24) is 10.2 Å². The number of hydrogen-bond donors (Lipinski definition) is 2. The van der Waals surface area contributed by atoms with E-state index in [1.165, 1.54) is 38.2 Å². The summed E-state index contributed by atoms with van der Waals surface area (Å²) >= 11 is 0. The summed E-state index contributed by atoms with van der Waals surface area (Å²) in [5, 5.41) is 3.10. The smallest absolute Gasteiger partial charge is 0.407 e. The number of nitrogens with zero attached hydrogens (tertiary/aromatic N) is 2. The van der Waals surface area contributed by atoms with Gasteiger partial charge in [-0.1, -0.05) is 30.3 Å². The van der Waals surface area contributed by atoms with Gasteiger partial charge < -0.3 is 25.6 Å². The number of benzene rings is 2. The molecule has 3 atom stereocenters. The van der Waals surface area contributed by atoms with E-state index in [9.17, 15) is 4.79 Å². The van der Waals surface area contributed by atoms with Gasteiger partial charge in [0.1, 0.15) is 6.61 Å². The number of carbonyl (C=O) groups excluding carboxylic acids is 1. The van der Waals surface area contributed by atoms with Crippen molar-refractivity contribution in [2.45, 2.75) is 38.3 Å². The number of alkyl carbamates (subject to hydrolysis) is 1. The molecule has 2 heterocycles. The maximum atomic E-state index is 12.2. The highest BCUT2D eigenvalue weighted by Gasteiger charge is 2.41. The van der Waals surface area contributed by atoms with Crippen LogP contribution in [0.1, 0.15) is 31.2 Å². The van der Waals surface area contributed by atoms with Gasteiger partial charge in [0.05, 0.1) is 0 Å². The lowest BCUT2D eigenvalue weighted by atomic mass is 9.95. The van der Waals surface area contributed by atoms with E-state index >= 15 is 0 Å². The van der Waals surface area contributed by atoms with Gasteiger partial charge in [-0.05, 0) is 73.3 Å². The van der Waals surface area contributed by atoms with Gasteiger partial charge in [-0.3, -0.25) is 0 Å². The van der Waals surface area contributed by atoms with Crippen LogP contribution in [-0.2, 0) is 11.3 Å². The molecular formula is C27H36N4O2. The Morgan fingerprint density at radius 1 is 0.970 bits per heavy atom. The van der Waals surface area contributed by atoms with Crippen molar-refractivity contribution < 1.29 is 9.53 Å². The van der Waals surface area contributed by atoms with Gasteiger partial charge in [0, 0.05) is 50.1 Å². The zero-order valence-electron chi connectivity index (χ0n) is 19.4. The van der Waals surface area contributed by atoms with E-state index < -0.39 is 0 Å². The molecule has 1 amide bonds. The van der Waals surface area contributed by atoms with Gasteiger partial charge in [0.2, 0.25) is 0 Å². The van der Waals surface area contributed by atoms with Crippen molar-refractivity contribution in [3.8, 4) is 0 Å². The van der Waals surface area contributed by atoms with Crippen LogP contribution < -0.4 is 16.0 Å². The monoisotopic (exact) mass is 448 g/mol. The number of anilines is 2. The molecule has 6 nitrogen and oxygen atoms in total. The van der Waals surface area contributed by atoms with Crippen LogP contribution in [0.15, 0.2) is 54.6 Å². The number of amides is 1. The molecule has 2 saturated heterocycles. The van der Waals surface area contributed by atoms with Gasteiger partial charge in [-0.25, -0.2) is 4.79 Å². The van der Waals surface area contributed by atoms with Gasteiger partial charge in [0.25, 0.3) is 0 Å². The Morgan fingerprint density at radius 3 is 2.30 bits per heavy atom. The summed E-state index contributed by atoms with van der Waals surface area (Å²) in [6.07, 6.45) is 4.39. The van der Waals surface area contributed by atoms with Crippen molar-refractivity contribution in [2.24, 2.45) is 17.8 Å². The minimum Gasteiger partial charge on any atom is -0.445 e. The van der Waals surface area contributed by atoms with E-state index in [4.69, 9.17) is 10.5 Å². The second-order valence-electron chi connectivity index (χ2n) is 10.1. The predicted octanol–water partition coefficient (Wildman–Crippen LogP) is 4.12. The summed E-state index contributed by atoms with van der Waals surface area (Å²) in [4.78, 5) is 17.4. The second-order valence-corrected chi connectivity index (χ2v) is 10.1. The maximum absolute atomic E-state index is 12.2. The number of rotatable bonds is 6. The highest BCUT2D eigenvalue weighted by Crippen LogP contribution is 2.39. The lowest BCUT2D eigenvalue weighted by Crippen LogP contribution is -2.39. The first-order chi connectivity index (χ1) is 16.1. The SMILES string of the molecule is Nc1ccc(N2CCC(CN3C[C@H]4CC(NC(=O)OCc5ccccc5)C[C@H]4C3)CC2)cc1. The van der Waals surface area contributed by atoms with Crippen molar-refractivity contribution in [3.63, 3.8) is 0 Å². The fraction of sp³-hybridized carbons (Fsp3) is 0.519. The number of nitrogens with one attached hydrogen (secondary N) is 1. The number of carbonyl (C=O) groups is 1. The Bertz CT molecular complexity index is 897. The third kappa shape index (κ3) is 5.61. The van der Waals surface area contributed by atoms with Crippen LogP contribution in [0.3, 0.4) is 0 Å². The van der Waals surface area contributed by atoms with Crippen molar-refractivity contribution in [3.05, 3.63) is 60.2 Å². The number of fused-ring (bicyclic) bond motifs is 1. The predicted molar refractivity (Wildman–Crippen MR) is 132 cm³/mol. The van der Waals surface area contributed by atoms with Gasteiger partial charge in [0.15, 0.2) is 0 Å². The lowest BCUT2D eigenvalue weighted by Gasteiger charge is -2.35. The molecule has 1 saturated carbocycles. The molecule has 5 rings (SSSR count). The molecule has 33 heavy (non-hydrogen) atoms. The fourth-order valence-corrected chi connectivity index (χ4v) is 6.02.